The molecule has 0 saturated heterocycles. The number of methoxy groups -OCH3 is 1. The zero-order valence-electron chi connectivity index (χ0n) is 11.6. The van der Waals surface area contributed by atoms with Crippen LogP contribution in [0, 0.1) is 0 Å². The molecule has 0 atom stereocenters. The third-order valence-electron chi connectivity index (χ3n) is 2.85. The number of hydrogen-bond acceptors (Lipinski definition) is 4. The van der Waals surface area contributed by atoms with Gasteiger partial charge in [-0.15, -0.1) is 0 Å². The summed E-state index contributed by atoms with van der Waals surface area (Å²) in [5, 5.41) is 0.537. The molecule has 4 nitrogen and oxygen atoms in total. The van der Waals surface area contributed by atoms with Crippen LogP contribution in [0.4, 0.5) is 0 Å². The van der Waals surface area contributed by atoms with E-state index in [-0.39, 0.29) is 11.5 Å². The molecule has 0 heterocycles. The van der Waals surface area contributed by atoms with Gasteiger partial charge >= 0.3 is 5.97 Å². The molecule has 0 aliphatic rings. The summed E-state index contributed by atoms with van der Waals surface area (Å²) in [4.78, 5) is 23.3. The predicted molar refractivity (Wildman–Crippen MR) is 79.4 cm³/mol. The van der Waals surface area contributed by atoms with E-state index in [4.69, 9.17) is 21.1 Å². The van der Waals surface area contributed by atoms with Crippen molar-refractivity contribution in [2.75, 3.05) is 7.11 Å². The molecule has 5 heteroatoms. The Hall–Kier alpha value is -2.33. The summed E-state index contributed by atoms with van der Waals surface area (Å²) >= 11 is 5.77. The first kappa shape index (κ1) is 15.1. The van der Waals surface area contributed by atoms with Gasteiger partial charge in [0.1, 0.15) is 0 Å². The number of esters is 1. The minimum atomic E-state index is -0.527. The first-order valence-electron chi connectivity index (χ1n) is 6.18. The fourth-order valence-electron chi connectivity index (χ4n) is 1.72. The minimum Gasteiger partial charge on any atom is -0.493 e. The molecule has 21 heavy (non-hydrogen) atoms. The highest BCUT2D eigenvalue weighted by molar-refractivity contribution is 6.30. The van der Waals surface area contributed by atoms with E-state index in [0.717, 1.165) is 0 Å². The van der Waals surface area contributed by atoms with Crippen LogP contribution in [0.2, 0.25) is 5.02 Å². The van der Waals surface area contributed by atoms with Crippen LogP contribution >= 0.6 is 11.6 Å². The van der Waals surface area contributed by atoms with Crippen LogP contribution in [0.25, 0.3) is 0 Å². The van der Waals surface area contributed by atoms with Gasteiger partial charge in [-0.1, -0.05) is 11.6 Å². The summed E-state index contributed by atoms with van der Waals surface area (Å²) in [5.74, 6) is -0.0446. The molecule has 0 amide bonds. The Bertz CT molecular complexity index is 677. The van der Waals surface area contributed by atoms with Gasteiger partial charge in [-0.05, 0) is 49.4 Å². The van der Waals surface area contributed by atoms with E-state index in [9.17, 15) is 9.59 Å². The highest BCUT2D eigenvalue weighted by Crippen LogP contribution is 2.29. The molecule has 2 rings (SSSR count). The van der Waals surface area contributed by atoms with Crippen molar-refractivity contribution in [1.29, 1.82) is 0 Å². The Morgan fingerprint density at radius 3 is 2.14 bits per heavy atom. The first-order chi connectivity index (χ1) is 10.0. The average molecular weight is 305 g/mol. The van der Waals surface area contributed by atoms with Crippen molar-refractivity contribution in [1.82, 2.24) is 0 Å². The molecule has 0 saturated carbocycles. The summed E-state index contributed by atoms with van der Waals surface area (Å²) in [7, 11) is 1.44. The number of ether oxygens (including phenoxy) is 2. The summed E-state index contributed by atoms with van der Waals surface area (Å²) in [6.45, 7) is 1.45. The lowest BCUT2D eigenvalue weighted by Crippen LogP contribution is -2.09. The largest absolute Gasteiger partial charge is 0.493 e. The Morgan fingerprint density at radius 1 is 0.952 bits per heavy atom. The van der Waals surface area contributed by atoms with Crippen molar-refractivity contribution < 1.29 is 19.1 Å². The second-order valence-corrected chi connectivity index (χ2v) is 4.75. The van der Waals surface area contributed by atoms with Crippen molar-refractivity contribution in [3.8, 4) is 11.5 Å². The zero-order chi connectivity index (χ0) is 15.4. The van der Waals surface area contributed by atoms with Gasteiger partial charge in [-0.2, -0.15) is 0 Å². The van der Waals surface area contributed by atoms with Crippen molar-refractivity contribution >= 4 is 23.4 Å². The number of rotatable bonds is 4. The molecule has 0 aliphatic carbocycles. The Balaban J connectivity index is 2.24. The van der Waals surface area contributed by atoms with Crippen LogP contribution in [0.3, 0.4) is 0 Å². The standard InChI is InChI=1S/C16H13ClO4/c1-10(18)12-5-8-14(15(9-12)20-2)21-16(19)11-3-6-13(17)7-4-11/h3-9H,1-2H3. The second kappa shape index (κ2) is 6.41. The number of benzene rings is 2. The lowest BCUT2D eigenvalue weighted by Gasteiger charge is -2.10. The molecule has 0 spiro atoms. The van der Waals surface area contributed by atoms with E-state index in [1.807, 2.05) is 0 Å². The molecule has 0 unspecified atom stereocenters. The van der Waals surface area contributed by atoms with Crippen molar-refractivity contribution in [2.24, 2.45) is 0 Å². The lowest BCUT2D eigenvalue weighted by atomic mass is 10.1. The minimum absolute atomic E-state index is 0.0936. The molecule has 2 aromatic rings. The maximum atomic E-state index is 12.0. The van der Waals surface area contributed by atoms with Crippen LogP contribution in [-0.4, -0.2) is 18.9 Å². The summed E-state index contributed by atoms with van der Waals surface area (Å²) in [6.07, 6.45) is 0. The molecule has 0 radical (unpaired) electrons. The van der Waals surface area contributed by atoms with E-state index >= 15 is 0 Å². The van der Waals surface area contributed by atoms with E-state index in [1.165, 1.54) is 26.2 Å². The van der Waals surface area contributed by atoms with Crippen LogP contribution in [-0.2, 0) is 0 Å². The number of halogens is 1. The molecule has 0 fully saturated rings. The Labute approximate surface area is 127 Å². The molecule has 2 aromatic carbocycles. The van der Waals surface area contributed by atoms with Gasteiger partial charge in [-0.3, -0.25) is 4.79 Å². The van der Waals surface area contributed by atoms with Gasteiger partial charge < -0.3 is 9.47 Å². The number of carbonyl (C=O) groups excluding carboxylic acids is 2. The fraction of sp³-hybridized carbons (Fsp3) is 0.125. The van der Waals surface area contributed by atoms with Gasteiger partial charge in [0.05, 0.1) is 12.7 Å². The van der Waals surface area contributed by atoms with E-state index in [2.05, 4.69) is 0 Å². The second-order valence-electron chi connectivity index (χ2n) is 4.32. The Morgan fingerprint density at radius 2 is 1.57 bits per heavy atom. The summed E-state index contributed by atoms with van der Waals surface area (Å²) in [5.41, 5.74) is 0.857. The molecule has 108 valence electrons. The lowest BCUT2D eigenvalue weighted by molar-refractivity contribution is 0.0729. The quantitative estimate of drug-likeness (QED) is 0.490. The fourth-order valence-corrected chi connectivity index (χ4v) is 1.84. The third-order valence-corrected chi connectivity index (χ3v) is 3.10. The average Bonchev–Trinajstić information content (AvgIpc) is 2.48. The normalized spacial score (nSPS) is 10.0. The van der Waals surface area contributed by atoms with E-state index in [1.54, 1.807) is 30.3 Å². The third kappa shape index (κ3) is 3.61. The van der Waals surface area contributed by atoms with Crippen LogP contribution in [0.5, 0.6) is 11.5 Å². The molecule has 0 bridgehead atoms. The van der Waals surface area contributed by atoms with Gasteiger partial charge in [0.15, 0.2) is 17.3 Å². The van der Waals surface area contributed by atoms with Gasteiger partial charge in [0.25, 0.3) is 0 Å². The number of ketones is 1. The number of hydrogen-bond donors (Lipinski definition) is 0. The van der Waals surface area contributed by atoms with Crippen molar-refractivity contribution in [2.45, 2.75) is 6.92 Å². The number of carbonyl (C=O) groups is 2. The topological polar surface area (TPSA) is 52.6 Å². The molecule has 0 aliphatic heterocycles. The van der Waals surface area contributed by atoms with Crippen molar-refractivity contribution in [3.63, 3.8) is 0 Å². The van der Waals surface area contributed by atoms with E-state index < -0.39 is 5.97 Å². The monoisotopic (exact) mass is 304 g/mol. The predicted octanol–water partition coefficient (Wildman–Crippen LogP) is 3.77. The number of Topliss-reactive ketones (excluding diaryl/α,β-unsaturated/α-hetero) is 1. The maximum Gasteiger partial charge on any atom is 0.343 e. The van der Waals surface area contributed by atoms with Crippen molar-refractivity contribution in [3.05, 3.63) is 58.6 Å². The zero-order valence-corrected chi connectivity index (χ0v) is 12.3. The van der Waals surface area contributed by atoms with Crippen LogP contribution in [0.15, 0.2) is 42.5 Å². The van der Waals surface area contributed by atoms with Gasteiger partial charge in [0, 0.05) is 10.6 Å². The summed E-state index contributed by atoms with van der Waals surface area (Å²) in [6, 6.07) is 11.0. The SMILES string of the molecule is COc1cc(C(C)=O)ccc1OC(=O)c1ccc(Cl)cc1. The maximum absolute atomic E-state index is 12.0. The van der Waals surface area contributed by atoms with E-state index in [0.29, 0.717) is 21.9 Å². The summed E-state index contributed by atoms with van der Waals surface area (Å²) < 4.78 is 10.4. The molecular formula is C16H13ClO4. The van der Waals surface area contributed by atoms with Crippen LogP contribution in [0.1, 0.15) is 27.6 Å². The smallest absolute Gasteiger partial charge is 0.343 e. The molecule has 0 aromatic heterocycles. The highest BCUT2D eigenvalue weighted by atomic mass is 35.5. The van der Waals surface area contributed by atoms with Crippen LogP contribution < -0.4 is 9.47 Å². The Kier molecular flexibility index (Phi) is 4.60. The van der Waals surface area contributed by atoms with Gasteiger partial charge in [0.2, 0.25) is 0 Å². The first-order valence-corrected chi connectivity index (χ1v) is 6.56. The van der Waals surface area contributed by atoms with Gasteiger partial charge in [-0.25, -0.2) is 4.79 Å². The molecule has 0 N–H and O–H groups in total. The molecular weight excluding hydrogens is 292 g/mol. The highest BCUT2D eigenvalue weighted by Gasteiger charge is 2.13.